The molecule has 2 rings (SSSR count). The zero-order valence-electron chi connectivity index (χ0n) is 11.8. The normalized spacial score (nSPS) is 18.7. The Morgan fingerprint density at radius 3 is 2.85 bits per heavy atom. The number of likely N-dealkylation sites (tertiary alicyclic amines) is 1. The quantitative estimate of drug-likeness (QED) is 0.608. The number of phenols is 1. The van der Waals surface area contributed by atoms with E-state index in [9.17, 15) is 14.7 Å². The molecule has 1 unspecified atom stereocenters. The molecule has 1 aromatic rings. The molecule has 20 heavy (non-hydrogen) atoms. The van der Waals surface area contributed by atoms with Crippen molar-refractivity contribution in [2.45, 2.75) is 26.7 Å². The van der Waals surface area contributed by atoms with Gasteiger partial charge in [0.25, 0.3) is 0 Å². The molecule has 1 aliphatic heterocycles. The number of carbonyl (C=O) groups is 2. The van der Waals surface area contributed by atoms with Crippen LogP contribution in [0.15, 0.2) is 18.2 Å². The molecule has 2 amide bonds. The number of nitrogens with zero attached hydrogens (tertiary/aromatic N) is 1. The van der Waals surface area contributed by atoms with Crippen molar-refractivity contribution in [3.05, 3.63) is 23.8 Å². The molecule has 2 N–H and O–H groups in total. The molecule has 0 radical (unpaired) electrons. The molecule has 0 aliphatic carbocycles. The second kappa shape index (κ2) is 5.94. The Labute approximate surface area is 118 Å². The minimum absolute atomic E-state index is 0.0382. The first kappa shape index (κ1) is 14.4. The number of piperidine rings is 1. The van der Waals surface area contributed by atoms with Crippen molar-refractivity contribution in [3.8, 4) is 5.75 Å². The Balaban J connectivity index is 2.04. The van der Waals surface area contributed by atoms with Gasteiger partial charge in [0.05, 0.1) is 5.69 Å². The Morgan fingerprint density at radius 1 is 1.40 bits per heavy atom. The van der Waals surface area contributed by atoms with E-state index >= 15 is 0 Å². The van der Waals surface area contributed by atoms with Crippen LogP contribution in [0.2, 0.25) is 0 Å². The number of phenolic OH excluding ortho intramolecular Hbond substituents is 1. The maximum atomic E-state index is 12.1. The summed E-state index contributed by atoms with van der Waals surface area (Å²) in [7, 11) is 0. The molecule has 1 heterocycles. The largest absolute Gasteiger partial charge is 0.506 e. The molecule has 5 nitrogen and oxygen atoms in total. The van der Waals surface area contributed by atoms with Crippen LogP contribution < -0.4 is 5.32 Å². The van der Waals surface area contributed by atoms with Crippen LogP contribution in [0.4, 0.5) is 5.69 Å². The fourth-order valence-corrected chi connectivity index (χ4v) is 2.44. The fourth-order valence-electron chi connectivity index (χ4n) is 2.44. The predicted molar refractivity (Wildman–Crippen MR) is 76.5 cm³/mol. The van der Waals surface area contributed by atoms with E-state index in [2.05, 4.69) is 12.2 Å². The lowest BCUT2D eigenvalue weighted by Crippen LogP contribution is -2.44. The van der Waals surface area contributed by atoms with E-state index in [0.29, 0.717) is 19.0 Å². The van der Waals surface area contributed by atoms with Crippen molar-refractivity contribution in [1.82, 2.24) is 4.90 Å². The number of aryl methyl sites for hydroxylation is 1. The molecular formula is C15H20N2O3. The molecule has 1 fully saturated rings. The monoisotopic (exact) mass is 276 g/mol. The number of hydrogen-bond acceptors (Lipinski definition) is 3. The number of anilines is 1. The van der Waals surface area contributed by atoms with Crippen molar-refractivity contribution >= 4 is 17.5 Å². The van der Waals surface area contributed by atoms with Crippen LogP contribution in [-0.2, 0) is 9.59 Å². The topological polar surface area (TPSA) is 69.6 Å². The zero-order chi connectivity index (χ0) is 14.7. The van der Waals surface area contributed by atoms with E-state index in [1.165, 1.54) is 6.07 Å². The SMILES string of the molecule is Cc1ccc(O)c(NC(=O)C(=O)N2CCCC(C)C2)c1. The third kappa shape index (κ3) is 3.29. The van der Waals surface area contributed by atoms with Crippen molar-refractivity contribution in [1.29, 1.82) is 0 Å². The molecule has 1 saturated heterocycles. The third-order valence-electron chi connectivity index (χ3n) is 3.54. The summed E-state index contributed by atoms with van der Waals surface area (Å²) in [6.07, 6.45) is 2.01. The maximum absolute atomic E-state index is 12.1. The van der Waals surface area contributed by atoms with Gasteiger partial charge >= 0.3 is 11.8 Å². The van der Waals surface area contributed by atoms with Gasteiger partial charge in [-0.25, -0.2) is 0 Å². The standard InChI is InChI=1S/C15H20N2O3/c1-10-5-6-13(18)12(8-10)16-14(19)15(20)17-7-3-4-11(2)9-17/h5-6,8,11,18H,3-4,7,9H2,1-2H3,(H,16,19). The van der Waals surface area contributed by atoms with E-state index < -0.39 is 11.8 Å². The van der Waals surface area contributed by atoms with Gasteiger partial charge in [0, 0.05) is 13.1 Å². The molecular weight excluding hydrogens is 256 g/mol. The van der Waals surface area contributed by atoms with E-state index in [0.717, 1.165) is 18.4 Å². The first-order valence-electron chi connectivity index (χ1n) is 6.87. The van der Waals surface area contributed by atoms with E-state index in [-0.39, 0.29) is 11.4 Å². The maximum Gasteiger partial charge on any atom is 0.314 e. The highest BCUT2D eigenvalue weighted by Gasteiger charge is 2.26. The minimum atomic E-state index is -0.694. The average Bonchev–Trinajstić information content (AvgIpc) is 2.42. The average molecular weight is 276 g/mol. The number of rotatable bonds is 1. The van der Waals surface area contributed by atoms with Crippen molar-refractivity contribution < 1.29 is 14.7 Å². The van der Waals surface area contributed by atoms with Crippen LogP contribution in [-0.4, -0.2) is 34.9 Å². The zero-order valence-corrected chi connectivity index (χ0v) is 11.8. The molecule has 0 spiro atoms. The summed E-state index contributed by atoms with van der Waals surface area (Å²) in [5.74, 6) is -0.839. The molecule has 108 valence electrons. The van der Waals surface area contributed by atoms with Gasteiger partial charge in [0.2, 0.25) is 0 Å². The van der Waals surface area contributed by atoms with E-state index in [4.69, 9.17) is 0 Å². The molecule has 5 heteroatoms. The summed E-state index contributed by atoms with van der Waals surface area (Å²) >= 11 is 0. The second-order valence-corrected chi connectivity index (χ2v) is 5.47. The lowest BCUT2D eigenvalue weighted by molar-refractivity contribution is -0.144. The number of amides is 2. The van der Waals surface area contributed by atoms with Gasteiger partial charge in [-0.2, -0.15) is 0 Å². The third-order valence-corrected chi connectivity index (χ3v) is 3.54. The summed E-state index contributed by atoms with van der Waals surface area (Å²) in [4.78, 5) is 25.6. The first-order chi connectivity index (χ1) is 9.47. The van der Waals surface area contributed by atoms with Gasteiger partial charge in [-0.15, -0.1) is 0 Å². The predicted octanol–water partition coefficient (Wildman–Crippen LogP) is 1.90. The highest BCUT2D eigenvalue weighted by molar-refractivity contribution is 6.39. The highest BCUT2D eigenvalue weighted by atomic mass is 16.3. The van der Waals surface area contributed by atoms with Gasteiger partial charge < -0.3 is 15.3 Å². The lowest BCUT2D eigenvalue weighted by Gasteiger charge is -2.30. The number of aromatic hydroxyl groups is 1. The molecule has 1 atom stereocenters. The Hall–Kier alpha value is -2.04. The van der Waals surface area contributed by atoms with Gasteiger partial charge in [0.1, 0.15) is 5.75 Å². The summed E-state index contributed by atoms with van der Waals surface area (Å²) < 4.78 is 0. The van der Waals surface area contributed by atoms with Gasteiger partial charge in [-0.1, -0.05) is 13.0 Å². The van der Waals surface area contributed by atoms with Crippen LogP contribution >= 0.6 is 0 Å². The van der Waals surface area contributed by atoms with Crippen LogP contribution in [0.1, 0.15) is 25.3 Å². The summed E-state index contributed by atoms with van der Waals surface area (Å²) in [6.45, 7) is 5.16. The van der Waals surface area contributed by atoms with Crippen LogP contribution in [0, 0.1) is 12.8 Å². The molecule has 1 aliphatic rings. The number of nitrogens with one attached hydrogen (secondary N) is 1. The van der Waals surface area contributed by atoms with Gasteiger partial charge in [-0.05, 0) is 43.4 Å². The Morgan fingerprint density at radius 2 is 2.15 bits per heavy atom. The van der Waals surface area contributed by atoms with Gasteiger partial charge in [-0.3, -0.25) is 9.59 Å². The van der Waals surface area contributed by atoms with Crippen LogP contribution in [0.25, 0.3) is 0 Å². The summed E-state index contributed by atoms with van der Waals surface area (Å²) in [6, 6.07) is 4.87. The minimum Gasteiger partial charge on any atom is -0.506 e. The molecule has 0 bridgehead atoms. The Kier molecular flexibility index (Phi) is 4.27. The van der Waals surface area contributed by atoms with Gasteiger partial charge in [0.15, 0.2) is 0 Å². The molecule has 0 aromatic heterocycles. The van der Waals surface area contributed by atoms with E-state index in [1.54, 1.807) is 17.0 Å². The fraction of sp³-hybridized carbons (Fsp3) is 0.467. The number of carbonyl (C=O) groups excluding carboxylic acids is 2. The van der Waals surface area contributed by atoms with Crippen molar-refractivity contribution in [3.63, 3.8) is 0 Å². The number of hydrogen-bond donors (Lipinski definition) is 2. The van der Waals surface area contributed by atoms with Crippen molar-refractivity contribution in [2.75, 3.05) is 18.4 Å². The second-order valence-electron chi connectivity index (χ2n) is 5.47. The van der Waals surface area contributed by atoms with Crippen molar-refractivity contribution in [2.24, 2.45) is 5.92 Å². The summed E-state index contributed by atoms with van der Waals surface area (Å²) in [5, 5.41) is 12.2. The molecule has 1 aromatic carbocycles. The first-order valence-corrected chi connectivity index (χ1v) is 6.87. The number of benzene rings is 1. The lowest BCUT2D eigenvalue weighted by atomic mass is 10.0. The summed E-state index contributed by atoms with van der Waals surface area (Å²) in [5.41, 5.74) is 1.17. The van der Waals surface area contributed by atoms with E-state index in [1.807, 2.05) is 6.92 Å². The van der Waals surface area contributed by atoms with Crippen LogP contribution in [0.3, 0.4) is 0 Å². The smallest absolute Gasteiger partial charge is 0.314 e. The Bertz CT molecular complexity index is 528. The highest BCUT2D eigenvalue weighted by Crippen LogP contribution is 2.24. The molecule has 0 saturated carbocycles. The van der Waals surface area contributed by atoms with Crippen LogP contribution in [0.5, 0.6) is 5.75 Å².